The molecule has 11 nitrogen and oxygen atoms in total. The summed E-state index contributed by atoms with van der Waals surface area (Å²) in [6.45, 7) is 5.01. The number of amides is 2. The van der Waals surface area contributed by atoms with Gasteiger partial charge in [-0.15, -0.1) is 22.7 Å². The third-order valence-corrected chi connectivity index (χ3v) is 8.04. The van der Waals surface area contributed by atoms with Gasteiger partial charge in [-0.25, -0.2) is 9.97 Å². The number of likely N-dealkylation sites (tertiary alicyclic amines) is 1. The number of rotatable bonds is 5. The molecular formula is C22H21N7O4S2. The van der Waals surface area contributed by atoms with Crippen LogP contribution in [0, 0.1) is 24.0 Å². The first-order valence-electron chi connectivity index (χ1n) is 10.9. The van der Waals surface area contributed by atoms with Crippen LogP contribution in [-0.4, -0.2) is 54.9 Å². The second kappa shape index (κ2) is 9.15. The number of piperidine rings is 1. The number of aromatic amines is 1. The molecule has 1 saturated heterocycles. The third-order valence-electron chi connectivity index (χ3n) is 5.97. The SMILES string of the molecule is Cc1nc(C)c(C(=O)N2CCC(c3nc(C(=O)Nc4n[nH]c5ccc([N+](=O)[O-])cc45)cs3)CC2)s1. The van der Waals surface area contributed by atoms with Gasteiger partial charge in [-0.05, 0) is 32.8 Å². The number of carbonyl (C=O) groups is 2. The minimum absolute atomic E-state index is 0.0252. The maximum Gasteiger partial charge on any atom is 0.276 e. The molecule has 2 N–H and O–H groups in total. The number of hydrogen-bond acceptors (Lipinski definition) is 9. The van der Waals surface area contributed by atoms with Gasteiger partial charge in [0.2, 0.25) is 0 Å². The zero-order chi connectivity index (χ0) is 24.7. The molecule has 1 fully saturated rings. The number of nitrogens with zero attached hydrogens (tertiary/aromatic N) is 5. The van der Waals surface area contributed by atoms with Crippen LogP contribution < -0.4 is 5.32 Å². The van der Waals surface area contributed by atoms with E-state index in [2.05, 4.69) is 25.5 Å². The van der Waals surface area contributed by atoms with E-state index >= 15 is 0 Å². The number of hydrogen-bond donors (Lipinski definition) is 2. The summed E-state index contributed by atoms with van der Waals surface area (Å²) in [5, 5.41) is 24.5. The lowest BCUT2D eigenvalue weighted by atomic mass is 9.97. The van der Waals surface area contributed by atoms with Gasteiger partial charge in [-0.3, -0.25) is 24.8 Å². The lowest BCUT2D eigenvalue weighted by Crippen LogP contribution is -2.37. The number of nitro benzene ring substituents is 1. The number of aryl methyl sites for hydroxylation is 2. The first-order chi connectivity index (χ1) is 16.8. The van der Waals surface area contributed by atoms with Crippen molar-refractivity contribution in [3.8, 4) is 0 Å². The number of anilines is 1. The van der Waals surface area contributed by atoms with E-state index in [4.69, 9.17) is 0 Å². The van der Waals surface area contributed by atoms with Crippen LogP contribution in [-0.2, 0) is 0 Å². The van der Waals surface area contributed by atoms with Crippen LogP contribution in [0.2, 0.25) is 0 Å². The van der Waals surface area contributed by atoms with E-state index in [9.17, 15) is 19.7 Å². The zero-order valence-corrected chi connectivity index (χ0v) is 20.5. The minimum atomic E-state index is -0.497. The zero-order valence-electron chi connectivity index (χ0n) is 18.9. The molecule has 13 heteroatoms. The standard InChI is InChI=1S/C22H21N7O4S2/c1-11-18(35-12(2)23-11)22(31)28-7-5-13(6-8-28)21-24-17(10-34-21)20(30)25-19-15-9-14(29(32)33)3-4-16(15)26-27-19/h3-4,9-10,13H,5-8H2,1-2H3,(H2,25,26,27,30). The predicted octanol–water partition coefficient (Wildman–Crippen LogP) is 4.27. The molecule has 0 saturated carbocycles. The summed E-state index contributed by atoms with van der Waals surface area (Å²) in [5.41, 5.74) is 1.53. The van der Waals surface area contributed by atoms with Gasteiger partial charge in [0.1, 0.15) is 10.6 Å². The number of nitro groups is 1. The Balaban J connectivity index is 1.24. The molecule has 0 atom stereocenters. The maximum absolute atomic E-state index is 12.9. The van der Waals surface area contributed by atoms with Crippen LogP contribution >= 0.6 is 22.7 Å². The summed E-state index contributed by atoms with van der Waals surface area (Å²) in [6, 6.07) is 4.29. The number of aromatic nitrogens is 4. The van der Waals surface area contributed by atoms with Crippen molar-refractivity contribution in [2.75, 3.05) is 18.4 Å². The molecule has 0 spiro atoms. The molecule has 4 aromatic rings. The van der Waals surface area contributed by atoms with Gasteiger partial charge in [-0.1, -0.05) is 0 Å². The third kappa shape index (κ3) is 4.51. The van der Waals surface area contributed by atoms with Crippen molar-refractivity contribution in [2.45, 2.75) is 32.6 Å². The molecule has 0 aliphatic carbocycles. The van der Waals surface area contributed by atoms with Crippen LogP contribution in [0.25, 0.3) is 10.9 Å². The quantitative estimate of drug-likeness (QED) is 0.300. The Bertz CT molecular complexity index is 1450. The summed E-state index contributed by atoms with van der Waals surface area (Å²) in [6.07, 6.45) is 1.54. The fraction of sp³-hybridized carbons (Fsp3) is 0.318. The number of carbonyl (C=O) groups excluding carboxylic acids is 2. The molecule has 180 valence electrons. The average Bonchev–Trinajstić information content (AvgIpc) is 3.57. The minimum Gasteiger partial charge on any atom is -0.338 e. The Morgan fingerprint density at radius 3 is 2.69 bits per heavy atom. The van der Waals surface area contributed by atoms with Crippen LogP contribution in [0.3, 0.4) is 0 Å². The first-order valence-corrected chi connectivity index (χ1v) is 12.6. The molecular weight excluding hydrogens is 490 g/mol. The molecule has 35 heavy (non-hydrogen) atoms. The van der Waals surface area contributed by atoms with Crippen molar-refractivity contribution in [1.29, 1.82) is 0 Å². The molecule has 1 aliphatic heterocycles. The number of non-ortho nitro benzene ring substituents is 1. The van der Waals surface area contributed by atoms with Crippen molar-refractivity contribution in [1.82, 2.24) is 25.1 Å². The normalized spacial score (nSPS) is 14.4. The van der Waals surface area contributed by atoms with Crippen LogP contribution in [0.1, 0.15) is 54.6 Å². The fourth-order valence-corrected chi connectivity index (χ4v) is 6.02. The molecule has 0 unspecified atom stereocenters. The van der Waals surface area contributed by atoms with Gasteiger partial charge in [-0.2, -0.15) is 5.10 Å². The lowest BCUT2D eigenvalue weighted by Gasteiger charge is -2.30. The van der Waals surface area contributed by atoms with Crippen LogP contribution in [0.5, 0.6) is 0 Å². The maximum atomic E-state index is 12.9. The Morgan fingerprint density at radius 1 is 1.23 bits per heavy atom. The molecule has 4 heterocycles. The van der Waals surface area contributed by atoms with Crippen molar-refractivity contribution in [2.24, 2.45) is 0 Å². The Morgan fingerprint density at radius 2 is 2.00 bits per heavy atom. The highest BCUT2D eigenvalue weighted by atomic mass is 32.1. The second-order valence-corrected chi connectivity index (χ2v) is 10.4. The number of benzene rings is 1. The second-order valence-electron chi connectivity index (χ2n) is 8.30. The molecule has 2 amide bonds. The highest BCUT2D eigenvalue weighted by Gasteiger charge is 2.28. The van der Waals surface area contributed by atoms with Gasteiger partial charge in [0.15, 0.2) is 5.82 Å². The molecule has 5 rings (SSSR count). The van der Waals surface area contributed by atoms with Crippen molar-refractivity contribution in [3.05, 3.63) is 60.0 Å². The summed E-state index contributed by atoms with van der Waals surface area (Å²) in [5.74, 6) is -0.0271. The number of fused-ring (bicyclic) bond motifs is 1. The van der Waals surface area contributed by atoms with Gasteiger partial charge in [0.05, 0.1) is 31.5 Å². The summed E-state index contributed by atoms with van der Waals surface area (Å²) >= 11 is 2.84. The van der Waals surface area contributed by atoms with Gasteiger partial charge >= 0.3 is 0 Å². The van der Waals surface area contributed by atoms with Crippen molar-refractivity contribution < 1.29 is 14.5 Å². The summed E-state index contributed by atoms with van der Waals surface area (Å²) in [4.78, 5) is 47.7. The van der Waals surface area contributed by atoms with Crippen LogP contribution in [0.15, 0.2) is 23.6 Å². The summed E-state index contributed by atoms with van der Waals surface area (Å²) in [7, 11) is 0. The average molecular weight is 512 g/mol. The highest BCUT2D eigenvalue weighted by Crippen LogP contribution is 2.32. The molecule has 1 aliphatic rings. The Labute approximate surface area is 207 Å². The van der Waals surface area contributed by atoms with Crippen molar-refractivity contribution >= 4 is 56.9 Å². The number of nitrogens with one attached hydrogen (secondary N) is 2. The largest absolute Gasteiger partial charge is 0.338 e. The monoisotopic (exact) mass is 511 g/mol. The van der Waals surface area contributed by atoms with Gasteiger partial charge in [0.25, 0.3) is 17.5 Å². The van der Waals surface area contributed by atoms with E-state index in [1.165, 1.54) is 34.8 Å². The van der Waals surface area contributed by atoms with E-state index in [0.717, 1.165) is 28.6 Å². The van der Waals surface area contributed by atoms with E-state index in [-0.39, 0.29) is 29.0 Å². The number of thiazole rings is 2. The van der Waals surface area contributed by atoms with E-state index in [1.54, 1.807) is 11.4 Å². The molecule has 3 aromatic heterocycles. The molecule has 1 aromatic carbocycles. The Kier molecular flexibility index (Phi) is 6.03. The van der Waals surface area contributed by atoms with Crippen molar-refractivity contribution in [3.63, 3.8) is 0 Å². The van der Waals surface area contributed by atoms with Gasteiger partial charge in [0, 0.05) is 36.5 Å². The molecule has 0 radical (unpaired) electrons. The fourth-order valence-electron chi connectivity index (χ4n) is 4.16. The first kappa shape index (κ1) is 23.1. The topological polar surface area (TPSA) is 147 Å². The lowest BCUT2D eigenvalue weighted by molar-refractivity contribution is -0.384. The highest BCUT2D eigenvalue weighted by molar-refractivity contribution is 7.13. The Hall–Kier alpha value is -3.71. The summed E-state index contributed by atoms with van der Waals surface area (Å²) < 4.78 is 0. The number of H-pyrrole nitrogens is 1. The van der Waals surface area contributed by atoms with E-state index in [1.807, 2.05) is 18.7 Å². The predicted molar refractivity (Wildman–Crippen MR) is 132 cm³/mol. The van der Waals surface area contributed by atoms with Crippen LogP contribution in [0.4, 0.5) is 11.5 Å². The smallest absolute Gasteiger partial charge is 0.276 e. The molecule has 0 bridgehead atoms. The van der Waals surface area contributed by atoms with E-state index in [0.29, 0.717) is 28.9 Å². The van der Waals surface area contributed by atoms with Gasteiger partial charge < -0.3 is 10.2 Å². The van der Waals surface area contributed by atoms with E-state index < -0.39 is 10.8 Å².